The Morgan fingerprint density at radius 1 is 1.56 bits per heavy atom. The molecular formula is C12H24N4O2. The third-order valence-electron chi connectivity index (χ3n) is 2.82. The van der Waals surface area contributed by atoms with Gasteiger partial charge in [0.1, 0.15) is 11.3 Å². The Bertz CT molecular complexity index is 374. The minimum absolute atomic E-state index is 0.441. The van der Waals surface area contributed by atoms with E-state index in [4.69, 9.17) is 4.74 Å². The summed E-state index contributed by atoms with van der Waals surface area (Å²) in [5.41, 5.74) is -0.302. The topological polar surface area (TPSA) is 62.5 Å². The van der Waals surface area contributed by atoms with Crippen LogP contribution in [0.15, 0.2) is 6.20 Å². The van der Waals surface area contributed by atoms with Gasteiger partial charge in [0.25, 0.3) is 0 Å². The summed E-state index contributed by atoms with van der Waals surface area (Å²) < 4.78 is 7.08. The number of nitrogens with one attached hydrogen (secondary N) is 1. The molecular weight excluding hydrogens is 232 g/mol. The maximum atomic E-state index is 10.5. The van der Waals surface area contributed by atoms with Crippen molar-refractivity contribution < 1.29 is 9.84 Å². The summed E-state index contributed by atoms with van der Waals surface area (Å²) in [4.78, 5) is 2.07. The lowest BCUT2D eigenvalue weighted by atomic mass is 10.0. The zero-order chi connectivity index (χ0) is 13.8. The number of methoxy groups -OCH3 is 1. The van der Waals surface area contributed by atoms with Crippen molar-refractivity contribution in [2.45, 2.75) is 19.1 Å². The second kappa shape index (κ2) is 6.17. The molecule has 1 aromatic heterocycles. The van der Waals surface area contributed by atoms with Crippen LogP contribution in [-0.2, 0) is 12.1 Å². The average Bonchev–Trinajstić information content (AvgIpc) is 2.69. The van der Waals surface area contributed by atoms with Gasteiger partial charge in [-0.3, -0.25) is 4.68 Å². The first-order chi connectivity index (χ1) is 8.42. The van der Waals surface area contributed by atoms with Crippen molar-refractivity contribution in [1.82, 2.24) is 20.0 Å². The van der Waals surface area contributed by atoms with Gasteiger partial charge in [-0.2, -0.15) is 5.10 Å². The van der Waals surface area contributed by atoms with Gasteiger partial charge in [-0.05, 0) is 28.1 Å². The lowest BCUT2D eigenvalue weighted by molar-refractivity contribution is 0.0464. The molecule has 0 amide bonds. The molecule has 0 spiro atoms. The fourth-order valence-electron chi connectivity index (χ4n) is 1.95. The highest BCUT2D eigenvalue weighted by Gasteiger charge is 2.30. The third-order valence-corrected chi connectivity index (χ3v) is 2.82. The van der Waals surface area contributed by atoms with Crippen molar-refractivity contribution in [1.29, 1.82) is 0 Å². The molecule has 0 radical (unpaired) electrons. The van der Waals surface area contributed by atoms with E-state index in [2.05, 4.69) is 15.3 Å². The Morgan fingerprint density at radius 3 is 2.72 bits per heavy atom. The molecule has 0 saturated carbocycles. The molecule has 0 aliphatic heterocycles. The zero-order valence-corrected chi connectivity index (χ0v) is 11.9. The second-order valence-electron chi connectivity index (χ2n) is 4.89. The highest BCUT2D eigenvalue weighted by molar-refractivity contribution is 5.30. The Balaban J connectivity index is 3.01. The number of aromatic nitrogens is 2. The number of likely N-dealkylation sites (N-methyl/N-ethyl adjacent to an activating group) is 2. The van der Waals surface area contributed by atoms with Crippen LogP contribution in [0.25, 0.3) is 0 Å². The Morgan fingerprint density at radius 2 is 2.22 bits per heavy atom. The van der Waals surface area contributed by atoms with Crippen LogP contribution in [0.1, 0.15) is 12.6 Å². The standard InChI is InChI=1S/C12H24N4O2/c1-12(17,9-13-2)11-10(18-5)8-14-16(11)7-6-15(3)4/h8,13,17H,6-7,9H2,1-5H3. The van der Waals surface area contributed by atoms with E-state index >= 15 is 0 Å². The van der Waals surface area contributed by atoms with E-state index in [1.54, 1.807) is 24.9 Å². The van der Waals surface area contributed by atoms with Crippen LogP contribution in [0.4, 0.5) is 0 Å². The van der Waals surface area contributed by atoms with Crippen molar-refractivity contribution in [3.05, 3.63) is 11.9 Å². The van der Waals surface area contributed by atoms with Gasteiger partial charge >= 0.3 is 0 Å². The van der Waals surface area contributed by atoms with Crippen molar-refractivity contribution in [2.24, 2.45) is 0 Å². The summed E-state index contributed by atoms with van der Waals surface area (Å²) in [7, 11) is 7.41. The molecule has 1 heterocycles. The van der Waals surface area contributed by atoms with Gasteiger partial charge in [0.05, 0.1) is 19.9 Å². The first kappa shape index (κ1) is 14.9. The van der Waals surface area contributed by atoms with Gasteiger partial charge in [-0.1, -0.05) is 0 Å². The van der Waals surface area contributed by atoms with Crippen LogP contribution >= 0.6 is 0 Å². The minimum Gasteiger partial charge on any atom is -0.493 e. The molecule has 1 unspecified atom stereocenters. The summed E-state index contributed by atoms with van der Waals surface area (Å²) in [6.45, 7) is 3.77. The monoisotopic (exact) mass is 256 g/mol. The molecule has 0 fully saturated rings. The summed E-state index contributed by atoms with van der Waals surface area (Å²) in [6, 6.07) is 0. The molecule has 0 aromatic carbocycles. The number of nitrogens with zero attached hydrogens (tertiary/aromatic N) is 3. The van der Waals surface area contributed by atoms with Gasteiger partial charge in [0.15, 0.2) is 5.75 Å². The van der Waals surface area contributed by atoms with Crippen LogP contribution in [-0.4, -0.2) is 61.1 Å². The van der Waals surface area contributed by atoms with E-state index in [1.165, 1.54) is 0 Å². The maximum absolute atomic E-state index is 10.5. The predicted molar refractivity (Wildman–Crippen MR) is 70.8 cm³/mol. The highest BCUT2D eigenvalue weighted by atomic mass is 16.5. The van der Waals surface area contributed by atoms with E-state index < -0.39 is 5.60 Å². The van der Waals surface area contributed by atoms with Gasteiger partial charge < -0.3 is 20.1 Å². The van der Waals surface area contributed by atoms with Crippen LogP contribution in [0.3, 0.4) is 0 Å². The van der Waals surface area contributed by atoms with E-state index in [0.29, 0.717) is 24.5 Å². The molecule has 1 atom stereocenters. The molecule has 1 aromatic rings. The SMILES string of the molecule is CNCC(C)(O)c1c(OC)cnn1CCN(C)C. The lowest BCUT2D eigenvalue weighted by Crippen LogP contribution is -2.36. The Hall–Kier alpha value is -1.11. The second-order valence-corrected chi connectivity index (χ2v) is 4.89. The molecule has 104 valence electrons. The number of hydrogen-bond donors (Lipinski definition) is 2. The Labute approximate surface area is 109 Å². The van der Waals surface area contributed by atoms with Gasteiger partial charge in [-0.25, -0.2) is 0 Å². The van der Waals surface area contributed by atoms with Crippen molar-refractivity contribution >= 4 is 0 Å². The van der Waals surface area contributed by atoms with Crippen molar-refractivity contribution in [3.63, 3.8) is 0 Å². The fourth-order valence-corrected chi connectivity index (χ4v) is 1.95. The van der Waals surface area contributed by atoms with Crippen LogP contribution in [0.5, 0.6) is 5.75 Å². The zero-order valence-electron chi connectivity index (χ0n) is 11.9. The molecule has 0 bridgehead atoms. The third kappa shape index (κ3) is 3.44. The minimum atomic E-state index is -1.01. The average molecular weight is 256 g/mol. The van der Waals surface area contributed by atoms with Crippen molar-refractivity contribution in [3.8, 4) is 5.75 Å². The summed E-state index contributed by atoms with van der Waals surface area (Å²) in [6.07, 6.45) is 1.65. The summed E-state index contributed by atoms with van der Waals surface area (Å²) in [5, 5.41) is 17.8. The van der Waals surface area contributed by atoms with Crippen molar-refractivity contribution in [2.75, 3.05) is 41.3 Å². The molecule has 0 aliphatic carbocycles. The number of ether oxygens (including phenoxy) is 1. The maximum Gasteiger partial charge on any atom is 0.162 e. The van der Waals surface area contributed by atoms with Gasteiger partial charge in [0, 0.05) is 13.1 Å². The van der Waals surface area contributed by atoms with Crippen LogP contribution in [0.2, 0.25) is 0 Å². The van der Waals surface area contributed by atoms with Gasteiger partial charge in [0.2, 0.25) is 0 Å². The normalized spacial score (nSPS) is 14.8. The molecule has 0 aliphatic rings. The molecule has 2 N–H and O–H groups in total. The largest absolute Gasteiger partial charge is 0.493 e. The first-order valence-electron chi connectivity index (χ1n) is 6.04. The van der Waals surface area contributed by atoms with E-state index in [9.17, 15) is 5.11 Å². The van der Waals surface area contributed by atoms with Crippen LogP contribution in [0, 0.1) is 0 Å². The number of aliphatic hydroxyl groups is 1. The van der Waals surface area contributed by atoms with E-state index in [-0.39, 0.29) is 0 Å². The fraction of sp³-hybridized carbons (Fsp3) is 0.750. The molecule has 6 nitrogen and oxygen atoms in total. The van der Waals surface area contributed by atoms with E-state index in [1.807, 2.05) is 21.1 Å². The molecule has 6 heteroatoms. The first-order valence-corrected chi connectivity index (χ1v) is 6.04. The molecule has 1 rings (SSSR count). The summed E-state index contributed by atoms with van der Waals surface area (Å²) in [5.74, 6) is 0.619. The predicted octanol–water partition coefficient (Wildman–Crippen LogP) is -0.120. The smallest absolute Gasteiger partial charge is 0.162 e. The number of rotatable bonds is 7. The summed E-state index contributed by atoms with van der Waals surface area (Å²) >= 11 is 0. The number of hydrogen-bond acceptors (Lipinski definition) is 5. The molecule has 18 heavy (non-hydrogen) atoms. The molecule has 0 saturated heterocycles. The quantitative estimate of drug-likeness (QED) is 0.712. The van der Waals surface area contributed by atoms with E-state index in [0.717, 1.165) is 6.54 Å². The van der Waals surface area contributed by atoms with Crippen LogP contribution < -0.4 is 10.1 Å². The Kier molecular flexibility index (Phi) is 5.13. The highest BCUT2D eigenvalue weighted by Crippen LogP contribution is 2.29. The lowest BCUT2D eigenvalue weighted by Gasteiger charge is -2.25. The van der Waals surface area contributed by atoms with Gasteiger partial charge in [-0.15, -0.1) is 0 Å².